The van der Waals surface area contributed by atoms with Crippen molar-refractivity contribution in [2.45, 2.75) is 51.0 Å². The van der Waals surface area contributed by atoms with Gasteiger partial charge in [-0.1, -0.05) is 6.42 Å². The molecule has 1 N–H and O–H groups in total. The highest BCUT2D eigenvalue weighted by Crippen LogP contribution is 2.26. The molecule has 116 valence electrons. The van der Waals surface area contributed by atoms with Crippen LogP contribution in [0.5, 0.6) is 0 Å². The molecule has 0 aromatic carbocycles. The van der Waals surface area contributed by atoms with E-state index in [0.29, 0.717) is 38.8 Å². The summed E-state index contributed by atoms with van der Waals surface area (Å²) in [7, 11) is -1.96. The summed E-state index contributed by atoms with van der Waals surface area (Å²) in [6, 6.07) is -0.0529. The van der Waals surface area contributed by atoms with Gasteiger partial charge in [0, 0.05) is 19.1 Å². The topological polar surface area (TPSA) is 75.7 Å². The second-order valence-corrected chi connectivity index (χ2v) is 7.36. The maximum absolute atomic E-state index is 12.2. The van der Waals surface area contributed by atoms with Crippen LogP contribution in [-0.4, -0.2) is 44.9 Å². The number of nitrogens with zero attached hydrogens (tertiary/aromatic N) is 1. The largest absolute Gasteiger partial charge is 0.469 e. The minimum Gasteiger partial charge on any atom is -0.469 e. The molecule has 7 heteroatoms. The number of carbonyl (C=O) groups is 1. The van der Waals surface area contributed by atoms with Gasteiger partial charge >= 0.3 is 5.97 Å². The molecule has 1 saturated heterocycles. The molecule has 20 heavy (non-hydrogen) atoms. The summed E-state index contributed by atoms with van der Waals surface area (Å²) in [6.45, 7) is 1.24. The Morgan fingerprint density at radius 2 is 1.70 bits per heavy atom. The van der Waals surface area contributed by atoms with E-state index < -0.39 is 10.2 Å². The van der Waals surface area contributed by atoms with Crippen LogP contribution in [0.1, 0.15) is 44.9 Å². The fourth-order valence-electron chi connectivity index (χ4n) is 3.00. The van der Waals surface area contributed by atoms with Crippen LogP contribution in [0.15, 0.2) is 0 Å². The van der Waals surface area contributed by atoms with Crippen molar-refractivity contribution in [2.24, 2.45) is 5.92 Å². The Hall–Kier alpha value is -0.660. The van der Waals surface area contributed by atoms with Gasteiger partial charge in [0.1, 0.15) is 0 Å². The second kappa shape index (κ2) is 6.87. The number of rotatable bonds is 4. The van der Waals surface area contributed by atoms with Gasteiger partial charge in [0.2, 0.25) is 0 Å². The van der Waals surface area contributed by atoms with E-state index in [2.05, 4.69) is 4.72 Å². The summed E-state index contributed by atoms with van der Waals surface area (Å²) < 4.78 is 33.6. The smallest absolute Gasteiger partial charge is 0.308 e. The molecule has 0 radical (unpaired) electrons. The molecule has 1 heterocycles. The lowest BCUT2D eigenvalue weighted by molar-refractivity contribution is -0.146. The van der Waals surface area contributed by atoms with Gasteiger partial charge in [0.15, 0.2) is 0 Å². The first-order valence-electron chi connectivity index (χ1n) is 7.38. The minimum atomic E-state index is -3.36. The third-order valence-electron chi connectivity index (χ3n) is 4.23. The zero-order valence-corrected chi connectivity index (χ0v) is 12.8. The predicted molar refractivity (Wildman–Crippen MR) is 75.2 cm³/mol. The van der Waals surface area contributed by atoms with Crippen molar-refractivity contribution < 1.29 is 17.9 Å². The zero-order chi connectivity index (χ0) is 14.6. The quantitative estimate of drug-likeness (QED) is 0.787. The number of piperidine rings is 1. The SMILES string of the molecule is COC(=O)C1CCC(NS(=O)(=O)N2CCCCC2)CC1. The van der Waals surface area contributed by atoms with Crippen molar-refractivity contribution in [1.82, 2.24) is 9.03 Å². The fourth-order valence-corrected chi connectivity index (χ4v) is 4.55. The van der Waals surface area contributed by atoms with E-state index in [1.165, 1.54) is 7.11 Å². The average Bonchev–Trinajstić information content (AvgIpc) is 2.48. The molecule has 2 rings (SSSR count). The highest BCUT2D eigenvalue weighted by molar-refractivity contribution is 7.87. The van der Waals surface area contributed by atoms with Gasteiger partial charge in [0.05, 0.1) is 13.0 Å². The Kier molecular flexibility index (Phi) is 5.40. The molecule has 0 spiro atoms. The molecule has 0 atom stereocenters. The fraction of sp³-hybridized carbons (Fsp3) is 0.923. The molecule has 0 amide bonds. The van der Waals surface area contributed by atoms with Crippen LogP contribution in [0.2, 0.25) is 0 Å². The first-order valence-corrected chi connectivity index (χ1v) is 8.82. The van der Waals surface area contributed by atoms with E-state index in [1.807, 2.05) is 0 Å². The Labute approximate surface area is 121 Å². The molecule has 1 aliphatic carbocycles. The van der Waals surface area contributed by atoms with E-state index in [-0.39, 0.29) is 17.9 Å². The number of hydrogen-bond acceptors (Lipinski definition) is 4. The number of esters is 1. The van der Waals surface area contributed by atoms with Crippen molar-refractivity contribution >= 4 is 16.2 Å². The number of nitrogens with one attached hydrogen (secondary N) is 1. The highest BCUT2D eigenvalue weighted by atomic mass is 32.2. The van der Waals surface area contributed by atoms with Gasteiger partial charge < -0.3 is 4.74 Å². The van der Waals surface area contributed by atoms with Crippen molar-refractivity contribution in [2.75, 3.05) is 20.2 Å². The van der Waals surface area contributed by atoms with Crippen LogP contribution in [0, 0.1) is 5.92 Å². The lowest BCUT2D eigenvalue weighted by Gasteiger charge is -2.31. The summed E-state index contributed by atoms with van der Waals surface area (Å²) in [5.41, 5.74) is 0. The van der Waals surface area contributed by atoms with Crippen LogP contribution in [0.25, 0.3) is 0 Å². The minimum absolute atomic E-state index is 0.0529. The van der Waals surface area contributed by atoms with Gasteiger partial charge in [-0.25, -0.2) is 0 Å². The molecule has 0 bridgehead atoms. The summed E-state index contributed by atoms with van der Waals surface area (Å²) in [5.74, 6) is -0.252. The Balaban J connectivity index is 1.84. The molecular weight excluding hydrogens is 280 g/mol. The highest BCUT2D eigenvalue weighted by Gasteiger charge is 2.31. The van der Waals surface area contributed by atoms with Gasteiger partial charge in [-0.3, -0.25) is 4.79 Å². The molecule has 1 aliphatic heterocycles. The molecule has 0 aromatic rings. The normalized spacial score (nSPS) is 29.1. The van der Waals surface area contributed by atoms with Crippen LogP contribution in [-0.2, 0) is 19.7 Å². The van der Waals surface area contributed by atoms with Crippen LogP contribution < -0.4 is 4.72 Å². The maximum atomic E-state index is 12.2. The maximum Gasteiger partial charge on any atom is 0.308 e. The van der Waals surface area contributed by atoms with E-state index in [4.69, 9.17) is 4.74 Å². The van der Waals surface area contributed by atoms with Crippen molar-refractivity contribution in [3.63, 3.8) is 0 Å². The summed E-state index contributed by atoms with van der Waals surface area (Å²) in [6.07, 6.45) is 5.78. The van der Waals surface area contributed by atoms with Crippen molar-refractivity contribution in [3.05, 3.63) is 0 Å². The molecule has 0 aromatic heterocycles. The molecule has 0 unspecified atom stereocenters. The van der Waals surface area contributed by atoms with Gasteiger partial charge in [0.25, 0.3) is 10.2 Å². The number of methoxy groups -OCH3 is 1. The van der Waals surface area contributed by atoms with Crippen LogP contribution >= 0.6 is 0 Å². The van der Waals surface area contributed by atoms with Crippen molar-refractivity contribution in [3.8, 4) is 0 Å². The first kappa shape index (κ1) is 15.7. The monoisotopic (exact) mass is 304 g/mol. The molecule has 2 aliphatic rings. The average molecular weight is 304 g/mol. The van der Waals surface area contributed by atoms with E-state index in [0.717, 1.165) is 19.3 Å². The predicted octanol–water partition coefficient (Wildman–Crippen LogP) is 1.04. The van der Waals surface area contributed by atoms with Gasteiger partial charge in [-0.2, -0.15) is 17.4 Å². The third-order valence-corrected chi connectivity index (χ3v) is 5.91. The summed E-state index contributed by atoms with van der Waals surface area (Å²) in [5, 5.41) is 0. The number of hydrogen-bond donors (Lipinski definition) is 1. The third kappa shape index (κ3) is 3.93. The second-order valence-electron chi connectivity index (χ2n) is 5.65. The molecule has 2 fully saturated rings. The molecule has 1 saturated carbocycles. The van der Waals surface area contributed by atoms with Crippen molar-refractivity contribution in [1.29, 1.82) is 0 Å². The Bertz CT molecular complexity index is 424. The van der Waals surface area contributed by atoms with Crippen LogP contribution in [0.4, 0.5) is 0 Å². The standard InChI is InChI=1S/C13H24N2O4S/c1-19-13(16)11-5-7-12(8-6-11)14-20(17,18)15-9-3-2-4-10-15/h11-12,14H,2-10H2,1H3. The number of ether oxygens (including phenoxy) is 1. The van der Waals surface area contributed by atoms with E-state index in [9.17, 15) is 13.2 Å². The van der Waals surface area contributed by atoms with Gasteiger partial charge in [-0.05, 0) is 38.5 Å². The Morgan fingerprint density at radius 1 is 1.10 bits per heavy atom. The molecular formula is C13H24N2O4S. The number of carbonyl (C=O) groups excluding carboxylic acids is 1. The Morgan fingerprint density at radius 3 is 2.25 bits per heavy atom. The summed E-state index contributed by atoms with van der Waals surface area (Å²) >= 11 is 0. The van der Waals surface area contributed by atoms with Gasteiger partial charge in [-0.15, -0.1) is 0 Å². The van der Waals surface area contributed by atoms with E-state index >= 15 is 0 Å². The molecule has 6 nitrogen and oxygen atoms in total. The van der Waals surface area contributed by atoms with E-state index in [1.54, 1.807) is 4.31 Å². The van der Waals surface area contributed by atoms with Crippen LogP contribution in [0.3, 0.4) is 0 Å². The zero-order valence-electron chi connectivity index (χ0n) is 12.0. The lowest BCUT2D eigenvalue weighted by atomic mass is 9.86. The first-order chi connectivity index (χ1) is 9.53. The summed E-state index contributed by atoms with van der Waals surface area (Å²) in [4.78, 5) is 11.4. The lowest BCUT2D eigenvalue weighted by Crippen LogP contribution is -2.48.